The zero-order valence-electron chi connectivity index (χ0n) is 16.6. The molecule has 0 bridgehead atoms. The number of aryl methyl sites for hydroxylation is 4. The molecule has 28 heavy (non-hydrogen) atoms. The molecule has 1 atom stereocenters. The van der Waals surface area contributed by atoms with Gasteiger partial charge in [0.2, 0.25) is 10.0 Å². The van der Waals surface area contributed by atoms with E-state index >= 15 is 0 Å². The number of hydrogen-bond acceptors (Lipinski definition) is 3. The Morgan fingerprint density at radius 1 is 0.964 bits per heavy atom. The molecule has 0 aromatic heterocycles. The topological polar surface area (TPSA) is 49.4 Å². The summed E-state index contributed by atoms with van der Waals surface area (Å²) in [7, 11) is -2.85. The van der Waals surface area contributed by atoms with Gasteiger partial charge in [-0.15, -0.1) is 0 Å². The number of rotatable bonds is 6. The summed E-state index contributed by atoms with van der Waals surface area (Å²) >= 11 is 0. The van der Waals surface area contributed by atoms with Crippen molar-refractivity contribution < 1.29 is 21.6 Å². The second-order valence-corrected chi connectivity index (χ2v) is 8.81. The molecule has 0 saturated carbocycles. The fourth-order valence-electron chi connectivity index (χ4n) is 3.22. The number of halogens is 3. The van der Waals surface area contributed by atoms with E-state index in [1.807, 2.05) is 11.6 Å². The highest BCUT2D eigenvalue weighted by molar-refractivity contribution is 7.89. The van der Waals surface area contributed by atoms with E-state index in [1.165, 1.54) is 11.9 Å². The van der Waals surface area contributed by atoms with Gasteiger partial charge in [-0.3, -0.25) is 0 Å². The highest BCUT2D eigenvalue weighted by Gasteiger charge is 2.43. The first-order valence-corrected chi connectivity index (χ1v) is 10.2. The van der Waals surface area contributed by atoms with Gasteiger partial charge in [0.1, 0.15) is 6.04 Å². The Balaban J connectivity index is 2.33. The van der Waals surface area contributed by atoms with Crippen molar-refractivity contribution in [2.24, 2.45) is 0 Å². The monoisotopic (exact) mass is 414 g/mol. The van der Waals surface area contributed by atoms with Crippen molar-refractivity contribution in [1.29, 1.82) is 0 Å². The number of nitrogens with zero attached hydrogens (tertiary/aromatic N) is 1. The first-order valence-electron chi connectivity index (χ1n) is 8.76. The van der Waals surface area contributed by atoms with Crippen LogP contribution in [0.3, 0.4) is 0 Å². The molecule has 154 valence electrons. The van der Waals surface area contributed by atoms with Crippen molar-refractivity contribution in [2.75, 3.05) is 18.5 Å². The van der Waals surface area contributed by atoms with Crippen molar-refractivity contribution in [3.05, 3.63) is 58.7 Å². The van der Waals surface area contributed by atoms with Gasteiger partial charge in [-0.2, -0.15) is 17.9 Å². The average Bonchev–Trinajstić information content (AvgIpc) is 2.52. The smallest absolute Gasteiger partial charge is 0.373 e. The highest BCUT2D eigenvalue weighted by Crippen LogP contribution is 2.27. The van der Waals surface area contributed by atoms with E-state index in [9.17, 15) is 21.6 Å². The third-order valence-corrected chi connectivity index (χ3v) is 6.27. The van der Waals surface area contributed by atoms with Crippen LogP contribution in [0.15, 0.2) is 41.3 Å². The number of benzene rings is 2. The molecule has 0 saturated heterocycles. The molecule has 0 spiro atoms. The minimum absolute atomic E-state index is 0.106. The van der Waals surface area contributed by atoms with Crippen LogP contribution >= 0.6 is 0 Å². The number of alkyl halides is 3. The van der Waals surface area contributed by atoms with Gasteiger partial charge in [0, 0.05) is 19.3 Å². The maximum atomic E-state index is 13.6. The van der Waals surface area contributed by atoms with Gasteiger partial charge in [-0.1, -0.05) is 35.4 Å². The fraction of sp³-hybridized carbons (Fsp3) is 0.400. The molecular weight excluding hydrogens is 389 g/mol. The molecule has 2 aromatic carbocycles. The zero-order valence-corrected chi connectivity index (χ0v) is 17.4. The van der Waals surface area contributed by atoms with E-state index in [0.29, 0.717) is 16.8 Å². The summed E-state index contributed by atoms with van der Waals surface area (Å²) in [5.74, 6) is 0. The van der Waals surface area contributed by atoms with E-state index in [2.05, 4.69) is 0 Å². The quantitative estimate of drug-likeness (QED) is 0.768. The van der Waals surface area contributed by atoms with Crippen LogP contribution in [-0.4, -0.2) is 34.2 Å². The van der Waals surface area contributed by atoms with Gasteiger partial charge in [-0.05, 0) is 51.0 Å². The molecule has 1 N–H and O–H groups in total. The first kappa shape index (κ1) is 22.2. The lowest BCUT2D eigenvalue weighted by atomic mass is 10.1. The standard InChI is InChI=1S/C20H25F3N2O2S/c1-13-6-8-17(9-7-13)25(5)12-18(20(21,22)23)24-28(26,27)19-15(3)10-14(2)11-16(19)4/h6-11,18,24H,12H2,1-5H3. The summed E-state index contributed by atoms with van der Waals surface area (Å²) in [5.41, 5.74) is 3.23. The number of hydrogen-bond donors (Lipinski definition) is 1. The van der Waals surface area contributed by atoms with Crippen LogP contribution in [0.5, 0.6) is 0 Å². The van der Waals surface area contributed by atoms with Crippen LogP contribution in [0, 0.1) is 27.7 Å². The third-order valence-electron chi connectivity index (χ3n) is 4.50. The second-order valence-electron chi connectivity index (χ2n) is 7.16. The Bertz CT molecular complexity index is 916. The molecule has 0 aliphatic rings. The Hall–Kier alpha value is -2.06. The van der Waals surface area contributed by atoms with Gasteiger partial charge >= 0.3 is 6.18 Å². The minimum Gasteiger partial charge on any atom is -0.373 e. The van der Waals surface area contributed by atoms with Crippen molar-refractivity contribution in [1.82, 2.24) is 4.72 Å². The maximum Gasteiger partial charge on any atom is 0.406 e. The number of sulfonamides is 1. The van der Waals surface area contributed by atoms with Crippen LogP contribution in [0.1, 0.15) is 22.3 Å². The molecule has 0 fully saturated rings. The van der Waals surface area contributed by atoms with Crippen LogP contribution in [0.4, 0.5) is 18.9 Å². The molecule has 0 aliphatic heterocycles. The average molecular weight is 414 g/mol. The second kappa shape index (κ2) is 8.13. The van der Waals surface area contributed by atoms with Crippen LogP contribution < -0.4 is 9.62 Å². The van der Waals surface area contributed by atoms with Crippen LogP contribution in [0.2, 0.25) is 0 Å². The lowest BCUT2D eigenvalue weighted by molar-refractivity contribution is -0.148. The van der Waals surface area contributed by atoms with Crippen molar-refractivity contribution >= 4 is 15.7 Å². The summed E-state index contributed by atoms with van der Waals surface area (Å²) in [4.78, 5) is 1.28. The lowest BCUT2D eigenvalue weighted by Crippen LogP contribution is -2.51. The van der Waals surface area contributed by atoms with Gasteiger partial charge in [0.25, 0.3) is 0 Å². The van der Waals surface area contributed by atoms with Gasteiger partial charge in [0.05, 0.1) is 4.90 Å². The van der Waals surface area contributed by atoms with E-state index in [0.717, 1.165) is 11.1 Å². The molecule has 0 radical (unpaired) electrons. The maximum absolute atomic E-state index is 13.6. The summed E-state index contributed by atoms with van der Waals surface area (Å²) in [6, 6.07) is 8.02. The van der Waals surface area contributed by atoms with Crippen LogP contribution in [0.25, 0.3) is 0 Å². The molecule has 0 aliphatic carbocycles. The molecule has 1 unspecified atom stereocenters. The molecule has 2 aromatic rings. The Morgan fingerprint density at radius 3 is 1.93 bits per heavy atom. The summed E-state index contributed by atoms with van der Waals surface area (Å²) < 4.78 is 68.3. The fourth-order valence-corrected chi connectivity index (χ4v) is 4.89. The Morgan fingerprint density at radius 2 is 1.46 bits per heavy atom. The molecule has 0 heterocycles. The van der Waals surface area contributed by atoms with Crippen molar-refractivity contribution in [2.45, 2.75) is 44.8 Å². The lowest BCUT2D eigenvalue weighted by Gasteiger charge is -2.28. The predicted molar refractivity (Wildman–Crippen MR) is 105 cm³/mol. The number of anilines is 1. The minimum atomic E-state index is -4.74. The van der Waals surface area contributed by atoms with E-state index in [1.54, 1.807) is 57.2 Å². The van der Waals surface area contributed by atoms with Gasteiger partial charge in [-0.25, -0.2) is 8.42 Å². The number of likely N-dealkylation sites (N-methyl/N-ethyl adjacent to an activating group) is 1. The zero-order chi connectivity index (χ0) is 21.3. The summed E-state index contributed by atoms with van der Waals surface area (Å²) in [6.07, 6.45) is -4.74. The third kappa shape index (κ3) is 5.26. The van der Waals surface area contributed by atoms with Crippen molar-refractivity contribution in [3.63, 3.8) is 0 Å². The summed E-state index contributed by atoms with van der Waals surface area (Å²) in [6.45, 7) is 6.29. The number of nitrogens with one attached hydrogen (secondary N) is 1. The van der Waals surface area contributed by atoms with E-state index in [-0.39, 0.29) is 4.90 Å². The molecular formula is C20H25F3N2O2S. The molecule has 2 rings (SSSR count). The molecule has 0 amide bonds. The SMILES string of the molecule is Cc1ccc(N(C)CC(NS(=O)(=O)c2c(C)cc(C)cc2C)C(F)(F)F)cc1. The van der Waals surface area contributed by atoms with E-state index in [4.69, 9.17) is 0 Å². The first-order chi connectivity index (χ1) is 12.8. The summed E-state index contributed by atoms with van der Waals surface area (Å²) in [5, 5.41) is 0. The largest absolute Gasteiger partial charge is 0.406 e. The molecule has 8 heteroatoms. The molecule has 4 nitrogen and oxygen atoms in total. The Labute approximate surface area is 164 Å². The van der Waals surface area contributed by atoms with Gasteiger partial charge < -0.3 is 4.90 Å². The van der Waals surface area contributed by atoms with Crippen LogP contribution in [-0.2, 0) is 10.0 Å². The normalized spacial score (nSPS) is 13.4. The van der Waals surface area contributed by atoms with Gasteiger partial charge in [0.15, 0.2) is 0 Å². The Kier molecular flexibility index (Phi) is 6.45. The predicted octanol–water partition coefficient (Wildman–Crippen LogP) is 4.27. The van der Waals surface area contributed by atoms with Crippen molar-refractivity contribution in [3.8, 4) is 0 Å². The van der Waals surface area contributed by atoms with E-state index < -0.39 is 28.8 Å². The highest BCUT2D eigenvalue weighted by atomic mass is 32.2.